The number of allylic oxidation sites excluding steroid dienone is 8. The van der Waals surface area contributed by atoms with Crippen molar-refractivity contribution in [1.82, 2.24) is 5.32 Å². The van der Waals surface area contributed by atoms with Crippen LogP contribution in [0.4, 0.5) is 0 Å². The van der Waals surface area contributed by atoms with Crippen molar-refractivity contribution in [3.05, 3.63) is 48.6 Å². The molecule has 3 N–H and O–H groups in total. The van der Waals surface area contributed by atoms with E-state index in [4.69, 9.17) is 9.05 Å². The molecule has 8 nitrogen and oxygen atoms in total. The largest absolute Gasteiger partial charge is 0.472 e. The zero-order valence-electron chi connectivity index (χ0n) is 54.1. The van der Waals surface area contributed by atoms with E-state index >= 15 is 0 Å². The van der Waals surface area contributed by atoms with Crippen LogP contribution in [0.15, 0.2) is 48.6 Å². The Morgan fingerprint density at radius 3 is 1.10 bits per heavy atom. The Morgan fingerprint density at radius 2 is 0.750 bits per heavy atom. The number of aliphatic hydroxyl groups excluding tert-OH is 1. The summed E-state index contributed by atoms with van der Waals surface area (Å²) in [6.45, 7) is 4.82. The van der Waals surface area contributed by atoms with Gasteiger partial charge in [-0.1, -0.05) is 339 Å². The molecule has 0 aromatic heterocycles. The quantitative estimate of drug-likeness (QED) is 0.0243. The molecule has 472 valence electrons. The second kappa shape index (κ2) is 62.0. The third-order valence-corrected chi connectivity index (χ3v) is 17.1. The summed E-state index contributed by atoms with van der Waals surface area (Å²) >= 11 is 0. The van der Waals surface area contributed by atoms with E-state index in [1.807, 2.05) is 21.1 Å². The normalized spacial score (nSPS) is 13.9. The molecule has 0 aliphatic carbocycles. The number of hydrogen-bond acceptors (Lipinski definition) is 5. The van der Waals surface area contributed by atoms with Crippen molar-refractivity contribution in [2.45, 2.75) is 360 Å². The van der Waals surface area contributed by atoms with Crippen LogP contribution in [-0.2, 0) is 18.4 Å². The highest BCUT2D eigenvalue weighted by Gasteiger charge is 2.28. The number of likely N-dealkylation sites (N-methyl/N-ethyl adjacent to an activating group) is 1. The summed E-state index contributed by atoms with van der Waals surface area (Å²) in [7, 11) is 1.62. The van der Waals surface area contributed by atoms with Crippen LogP contribution in [-0.4, -0.2) is 73.4 Å². The van der Waals surface area contributed by atoms with Crippen LogP contribution in [0.3, 0.4) is 0 Å². The van der Waals surface area contributed by atoms with E-state index in [2.05, 4.69) is 67.8 Å². The Bertz CT molecular complexity index is 1440. The summed E-state index contributed by atoms with van der Waals surface area (Å²) in [6, 6.07) is -0.765. The molecule has 0 saturated carbocycles. The van der Waals surface area contributed by atoms with Crippen molar-refractivity contribution in [3.63, 3.8) is 0 Å². The number of phosphoric ester groups is 1. The van der Waals surface area contributed by atoms with Crippen molar-refractivity contribution in [3.8, 4) is 0 Å². The number of hydrogen-bond donors (Lipinski definition) is 3. The number of nitrogens with zero attached hydrogens (tertiary/aromatic N) is 1. The Balaban J connectivity index is 4.00. The Labute approximate surface area is 499 Å². The van der Waals surface area contributed by atoms with E-state index in [1.165, 1.54) is 257 Å². The third kappa shape index (κ3) is 64.0. The zero-order valence-corrected chi connectivity index (χ0v) is 55.0. The van der Waals surface area contributed by atoms with Gasteiger partial charge in [-0.3, -0.25) is 13.8 Å². The summed E-state index contributed by atoms with van der Waals surface area (Å²) < 4.78 is 23.9. The molecule has 0 bridgehead atoms. The standard InChI is InChI=1S/C71H137N2O6P/c1-6-8-10-12-14-16-18-20-22-24-26-28-30-32-33-34-35-36-37-38-39-41-42-44-46-48-50-52-54-56-58-60-62-64-70(74)69(68-79-80(76,77)78-67-66-73(3,4)5)72-71(75)65-63-61-59-57-55-53-51-49-47-45-43-40-31-29-27-25-23-21-19-17-15-13-11-9-7-2/h9,11,15,17,21,23,27,29,69-70,74H,6-8,10,12-14,16,18-20,22,24-26,28,30-68H2,1-5H3,(H-,72,75,76,77)/p+1/b11-9-,17-15-,23-21-,29-27-. The van der Waals surface area contributed by atoms with Gasteiger partial charge in [0.15, 0.2) is 0 Å². The maximum atomic E-state index is 13.1. The number of quaternary nitrogens is 1. The molecule has 0 aliphatic rings. The Morgan fingerprint density at radius 1 is 0.438 bits per heavy atom. The van der Waals surface area contributed by atoms with Gasteiger partial charge < -0.3 is 19.8 Å². The maximum Gasteiger partial charge on any atom is 0.472 e. The molecular weight excluding hydrogens is 1010 g/mol. The van der Waals surface area contributed by atoms with Gasteiger partial charge in [0.2, 0.25) is 5.91 Å². The number of carbonyl (C=O) groups is 1. The van der Waals surface area contributed by atoms with E-state index in [-0.39, 0.29) is 19.1 Å². The number of amides is 1. The fraction of sp³-hybridized carbons (Fsp3) is 0.873. The van der Waals surface area contributed by atoms with E-state index in [1.54, 1.807) is 0 Å². The topological polar surface area (TPSA) is 105 Å². The van der Waals surface area contributed by atoms with Gasteiger partial charge in [0.25, 0.3) is 0 Å². The molecule has 0 aromatic carbocycles. The van der Waals surface area contributed by atoms with Gasteiger partial charge >= 0.3 is 7.82 Å². The first-order valence-electron chi connectivity index (χ1n) is 35.0. The fourth-order valence-corrected chi connectivity index (χ4v) is 11.4. The molecule has 0 spiro atoms. The van der Waals surface area contributed by atoms with Crippen molar-refractivity contribution in [2.24, 2.45) is 0 Å². The Hall–Kier alpha value is -1.54. The third-order valence-electron chi connectivity index (χ3n) is 16.1. The first kappa shape index (κ1) is 78.5. The molecule has 3 unspecified atom stereocenters. The molecule has 80 heavy (non-hydrogen) atoms. The van der Waals surface area contributed by atoms with Crippen molar-refractivity contribution >= 4 is 13.7 Å². The lowest BCUT2D eigenvalue weighted by Crippen LogP contribution is -2.46. The number of rotatable bonds is 65. The molecule has 0 saturated heterocycles. The first-order chi connectivity index (χ1) is 39.0. The molecule has 0 radical (unpaired) electrons. The zero-order chi connectivity index (χ0) is 58.4. The molecule has 0 aromatic rings. The highest BCUT2D eigenvalue weighted by Crippen LogP contribution is 2.43. The predicted octanol–water partition coefficient (Wildman–Crippen LogP) is 22.2. The fourth-order valence-electron chi connectivity index (χ4n) is 10.7. The average molecular weight is 1150 g/mol. The van der Waals surface area contributed by atoms with Gasteiger partial charge in [0.05, 0.1) is 39.9 Å². The van der Waals surface area contributed by atoms with Crippen LogP contribution >= 0.6 is 7.82 Å². The van der Waals surface area contributed by atoms with Gasteiger partial charge in [-0.25, -0.2) is 4.57 Å². The van der Waals surface area contributed by atoms with Gasteiger partial charge in [-0.15, -0.1) is 0 Å². The van der Waals surface area contributed by atoms with Gasteiger partial charge in [-0.2, -0.15) is 0 Å². The van der Waals surface area contributed by atoms with Crippen LogP contribution in [0.1, 0.15) is 348 Å². The highest BCUT2D eigenvalue weighted by molar-refractivity contribution is 7.47. The molecule has 0 aliphatic heterocycles. The average Bonchev–Trinajstić information content (AvgIpc) is 3.42. The van der Waals surface area contributed by atoms with Crippen LogP contribution in [0.25, 0.3) is 0 Å². The lowest BCUT2D eigenvalue weighted by Gasteiger charge is -2.26. The van der Waals surface area contributed by atoms with Gasteiger partial charge in [0.1, 0.15) is 13.2 Å². The highest BCUT2D eigenvalue weighted by atomic mass is 31.2. The molecule has 0 fully saturated rings. The van der Waals surface area contributed by atoms with Crippen LogP contribution in [0, 0.1) is 0 Å². The van der Waals surface area contributed by atoms with E-state index in [9.17, 15) is 19.4 Å². The van der Waals surface area contributed by atoms with Crippen molar-refractivity contribution in [1.29, 1.82) is 0 Å². The molecule has 0 rings (SSSR count). The molecule has 1 amide bonds. The molecule has 3 atom stereocenters. The van der Waals surface area contributed by atoms with Crippen molar-refractivity contribution < 1.29 is 32.9 Å². The van der Waals surface area contributed by atoms with E-state index < -0.39 is 20.0 Å². The summed E-state index contributed by atoms with van der Waals surface area (Å²) in [5.41, 5.74) is 0. The summed E-state index contributed by atoms with van der Waals surface area (Å²) in [5.74, 6) is -0.143. The first-order valence-corrected chi connectivity index (χ1v) is 36.5. The minimum absolute atomic E-state index is 0.0742. The SMILES string of the molecule is CC/C=C\C/C=C\C/C=C\C/C=C\CCCCCCCCCCCCCCC(=O)NC(COP(=O)(O)OCC[N+](C)(C)C)C(O)CCCCCCCCCCCCCCCCCCCCCCCCCCCCCCCCCCC. The lowest BCUT2D eigenvalue weighted by atomic mass is 10.0. The van der Waals surface area contributed by atoms with Crippen LogP contribution in [0.5, 0.6) is 0 Å². The van der Waals surface area contributed by atoms with Crippen LogP contribution < -0.4 is 5.32 Å². The number of carbonyl (C=O) groups excluding carboxylic acids is 1. The smallest absolute Gasteiger partial charge is 0.391 e. The second-order valence-corrected chi connectivity index (χ2v) is 26.7. The summed E-state index contributed by atoms with van der Waals surface area (Å²) in [5, 5.41) is 14.2. The summed E-state index contributed by atoms with van der Waals surface area (Å²) in [6.07, 6.45) is 83.6. The number of nitrogens with one attached hydrogen (secondary N) is 1. The maximum absolute atomic E-state index is 13.1. The van der Waals surface area contributed by atoms with Crippen LogP contribution in [0.2, 0.25) is 0 Å². The monoisotopic (exact) mass is 1150 g/mol. The van der Waals surface area contributed by atoms with E-state index in [0.29, 0.717) is 23.9 Å². The molecule has 0 heterocycles. The lowest BCUT2D eigenvalue weighted by molar-refractivity contribution is -0.870. The second-order valence-electron chi connectivity index (χ2n) is 25.2. The van der Waals surface area contributed by atoms with Gasteiger partial charge in [0, 0.05) is 6.42 Å². The Kier molecular flexibility index (Phi) is 60.8. The molecule has 9 heteroatoms. The number of unbranched alkanes of at least 4 members (excludes halogenated alkanes) is 44. The predicted molar refractivity (Wildman–Crippen MR) is 351 cm³/mol. The van der Waals surface area contributed by atoms with Gasteiger partial charge in [-0.05, 0) is 51.4 Å². The minimum atomic E-state index is -4.33. The summed E-state index contributed by atoms with van der Waals surface area (Å²) in [4.78, 5) is 23.5. The number of aliphatic hydroxyl groups is 1. The molecular formula is C71H138N2O6P+. The number of phosphoric acid groups is 1. The minimum Gasteiger partial charge on any atom is -0.391 e. The van der Waals surface area contributed by atoms with Crippen molar-refractivity contribution in [2.75, 3.05) is 40.9 Å². The van der Waals surface area contributed by atoms with E-state index in [0.717, 1.165) is 64.2 Å².